The van der Waals surface area contributed by atoms with E-state index >= 15 is 0 Å². The Morgan fingerprint density at radius 3 is 2.71 bits per heavy atom. The van der Waals surface area contributed by atoms with Crippen LogP contribution in [0.1, 0.15) is 25.7 Å². The lowest BCUT2D eigenvalue weighted by atomic mass is 9.93. The zero-order chi connectivity index (χ0) is 14.8. The molecule has 1 saturated carbocycles. The van der Waals surface area contributed by atoms with Crippen LogP contribution >= 0.6 is 22.9 Å². The van der Waals surface area contributed by atoms with Gasteiger partial charge in [0, 0.05) is 17.6 Å². The molecule has 1 heterocycles. The Hall–Kier alpha value is -1.17. The van der Waals surface area contributed by atoms with Crippen molar-refractivity contribution in [2.24, 2.45) is 12.0 Å². The van der Waals surface area contributed by atoms with E-state index in [9.17, 15) is 5.11 Å². The van der Waals surface area contributed by atoms with E-state index in [0.29, 0.717) is 0 Å². The minimum Gasteiger partial charge on any atom is -0.391 e. The van der Waals surface area contributed by atoms with E-state index in [1.807, 2.05) is 31.3 Å². The maximum Gasteiger partial charge on any atom is 0.203 e. The summed E-state index contributed by atoms with van der Waals surface area (Å²) < 4.78 is 1.79. The van der Waals surface area contributed by atoms with Crippen molar-refractivity contribution >= 4 is 22.9 Å². The first kappa shape index (κ1) is 14.8. The van der Waals surface area contributed by atoms with Gasteiger partial charge in [0.25, 0.3) is 0 Å². The Kier molecular flexibility index (Phi) is 4.42. The molecule has 0 saturated heterocycles. The summed E-state index contributed by atoms with van der Waals surface area (Å²) >= 11 is 7.46. The molecular weight excluding hydrogens is 306 g/mol. The molecule has 2 atom stereocenters. The molecule has 1 aromatic carbocycles. The highest BCUT2D eigenvalue weighted by molar-refractivity contribution is 7.12. The second kappa shape index (κ2) is 6.30. The zero-order valence-corrected chi connectivity index (χ0v) is 13.4. The number of aryl methyl sites for hydroxylation is 1. The summed E-state index contributed by atoms with van der Waals surface area (Å²) in [5.41, 5.74) is 1.03. The molecular formula is C15H18ClN3OS. The van der Waals surface area contributed by atoms with E-state index in [1.54, 1.807) is 16.0 Å². The summed E-state index contributed by atoms with van der Waals surface area (Å²) in [5.74, 6) is 0. The molecule has 0 aliphatic heterocycles. The van der Waals surface area contributed by atoms with Gasteiger partial charge in [-0.2, -0.15) is 5.10 Å². The van der Waals surface area contributed by atoms with Crippen molar-refractivity contribution in [3.63, 3.8) is 0 Å². The number of halogens is 1. The van der Waals surface area contributed by atoms with Gasteiger partial charge in [0.2, 0.25) is 4.80 Å². The summed E-state index contributed by atoms with van der Waals surface area (Å²) in [6.45, 7) is 0. The first-order valence-corrected chi connectivity index (χ1v) is 8.35. The molecule has 0 unspecified atom stereocenters. The van der Waals surface area contributed by atoms with Crippen molar-refractivity contribution in [1.82, 2.24) is 9.78 Å². The van der Waals surface area contributed by atoms with Gasteiger partial charge in [-0.3, -0.25) is 4.99 Å². The van der Waals surface area contributed by atoms with E-state index < -0.39 is 0 Å². The largest absolute Gasteiger partial charge is 0.391 e. The van der Waals surface area contributed by atoms with Gasteiger partial charge in [-0.25, -0.2) is 4.68 Å². The molecule has 21 heavy (non-hydrogen) atoms. The summed E-state index contributed by atoms with van der Waals surface area (Å²) in [6, 6.07) is 7.64. The van der Waals surface area contributed by atoms with Crippen LogP contribution in [0.3, 0.4) is 0 Å². The second-order valence-corrected chi connectivity index (χ2v) is 6.76. The molecule has 1 N–H and O–H groups in total. The number of aliphatic hydroxyl groups excluding tert-OH is 1. The van der Waals surface area contributed by atoms with E-state index in [4.69, 9.17) is 16.6 Å². The number of hydrogen-bond acceptors (Lipinski definition) is 4. The second-order valence-electron chi connectivity index (χ2n) is 5.37. The van der Waals surface area contributed by atoms with Crippen molar-refractivity contribution in [2.75, 3.05) is 0 Å². The average molecular weight is 324 g/mol. The van der Waals surface area contributed by atoms with Gasteiger partial charge in [-0.1, -0.05) is 47.9 Å². The van der Waals surface area contributed by atoms with E-state index in [1.165, 1.54) is 0 Å². The Balaban J connectivity index is 1.92. The Labute approximate surface area is 132 Å². The van der Waals surface area contributed by atoms with Gasteiger partial charge in [0.1, 0.15) is 5.01 Å². The van der Waals surface area contributed by atoms with E-state index in [-0.39, 0.29) is 12.1 Å². The predicted octanol–water partition coefficient (Wildman–Crippen LogP) is 3.01. The number of aromatic nitrogens is 2. The first-order valence-electron chi connectivity index (χ1n) is 7.15. The van der Waals surface area contributed by atoms with Gasteiger partial charge in [-0.05, 0) is 25.0 Å². The fraction of sp³-hybridized carbons (Fsp3) is 0.467. The first-order chi connectivity index (χ1) is 10.1. The van der Waals surface area contributed by atoms with E-state index in [2.05, 4.69) is 5.10 Å². The Morgan fingerprint density at radius 1 is 1.29 bits per heavy atom. The molecule has 0 spiro atoms. The molecule has 1 aliphatic carbocycles. The molecule has 0 radical (unpaired) electrons. The van der Waals surface area contributed by atoms with Crippen LogP contribution in [0, 0.1) is 0 Å². The molecule has 0 bridgehead atoms. The van der Waals surface area contributed by atoms with Gasteiger partial charge in [0.15, 0.2) is 0 Å². The van der Waals surface area contributed by atoms with Crippen LogP contribution in [-0.2, 0) is 7.05 Å². The quantitative estimate of drug-likeness (QED) is 0.923. The minimum absolute atomic E-state index is 0.00321. The number of benzene rings is 1. The highest BCUT2D eigenvalue weighted by Crippen LogP contribution is 2.23. The smallest absolute Gasteiger partial charge is 0.203 e. The van der Waals surface area contributed by atoms with Crippen molar-refractivity contribution in [3.8, 4) is 10.6 Å². The van der Waals surface area contributed by atoms with Crippen molar-refractivity contribution < 1.29 is 5.11 Å². The Bertz CT molecular complexity index is 677. The zero-order valence-electron chi connectivity index (χ0n) is 11.9. The predicted molar refractivity (Wildman–Crippen MR) is 85.4 cm³/mol. The third-order valence-corrected chi connectivity index (χ3v) is 5.08. The minimum atomic E-state index is -0.320. The molecule has 4 nitrogen and oxygen atoms in total. The highest BCUT2D eigenvalue weighted by Gasteiger charge is 2.22. The lowest BCUT2D eigenvalue weighted by Gasteiger charge is -2.23. The van der Waals surface area contributed by atoms with Crippen LogP contribution in [0.25, 0.3) is 10.6 Å². The number of rotatable bonds is 2. The van der Waals surface area contributed by atoms with Gasteiger partial charge in [0.05, 0.1) is 12.1 Å². The Morgan fingerprint density at radius 2 is 2.00 bits per heavy atom. The number of aliphatic hydroxyl groups is 1. The van der Waals surface area contributed by atoms with E-state index in [0.717, 1.165) is 46.1 Å². The fourth-order valence-electron chi connectivity index (χ4n) is 2.56. The molecule has 1 fully saturated rings. The highest BCUT2D eigenvalue weighted by atomic mass is 35.5. The maximum absolute atomic E-state index is 10.0. The number of nitrogens with zero attached hydrogens (tertiary/aromatic N) is 3. The van der Waals surface area contributed by atoms with Gasteiger partial charge < -0.3 is 5.11 Å². The SMILES string of the molecule is Cn1nc(-c2ccc(Cl)cc2)sc1=N[C@H]1CCCC[C@H]1O. The lowest BCUT2D eigenvalue weighted by molar-refractivity contribution is 0.107. The third-order valence-electron chi connectivity index (χ3n) is 3.77. The van der Waals surface area contributed by atoms with Crippen LogP contribution in [0.15, 0.2) is 29.3 Å². The van der Waals surface area contributed by atoms with Crippen molar-refractivity contribution in [1.29, 1.82) is 0 Å². The molecule has 1 aliphatic rings. The third kappa shape index (κ3) is 3.36. The van der Waals surface area contributed by atoms with Crippen molar-refractivity contribution in [2.45, 2.75) is 37.8 Å². The topological polar surface area (TPSA) is 50.4 Å². The van der Waals surface area contributed by atoms with Crippen molar-refractivity contribution in [3.05, 3.63) is 34.1 Å². The molecule has 112 valence electrons. The monoisotopic (exact) mass is 323 g/mol. The average Bonchev–Trinajstić information content (AvgIpc) is 2.83. The molecule has 0 amide bonds. The number of hydrogen-bond donors (Lipinski definition) is 1. The summed E-state index contributed by atoms with van der Waals surface area (Å²) in [5, 5.41) is 16.2. The normalized spacial score (nSPS) is 23.5. The molecule has 3 rings (SSSR count). The van der Waals surface area contributed by atoms with Crippen LogP contribution in [-0.4, -0.2) is 27.0 Å². The summed E-state index contributed by atoms with van der Waals surface area (Å²) in [7, 11) is 1.89. The van der Waals surface area contributed by atoms with Crippen LogP contribution in [0.4, 0.5) is 0 Å². The molecule has 1 aromatic heterocycles. The molecule has 2 aromatic rings. The van der Waals surface area contributed by atoms with Gasteiger partial charge >= 0.3 is 0 Å². The summed E-state index contributed by atoms with van der Waals surface area (Å²) in [6.07, 6.45) is 3.71. The standard InChI is InChI=1S/C15H18ClN3OS/c1-19-15(17-12-4-2-3-5-13(12)20)21-14(18-19)10-6-8-11(16)9-7-10/h6-9,12-13,20H,2-5H2,1H3/t12-,13+/m0/s1. The fourth-order valence-corrected chi connectivity index (χ4v) is 3.63. The maximum atomic E-state index is 10.0. The summed E-state index contributed by atoms with van der Waals surface area (Å²) in [4.78, 5) is 5.56. The van der Waals surface area contributed by atoms with Crippen LogP contribution < -0.4 is 4.80 Å². The molecule has 6 heteroatoms. The van der Waals surface area contributed by atoms with Crippen LogP contribution in [0.2, 0.25) is 5.02 Å². The van der Waals surface area contributed by atoms with Crippen LogP contribution in [0.5, 0.6) is 0 Å². The lowest BCUT2D eigenvalue weighted by Crippen LogP contribution is -2.30. The van der Waals surface area contributed by atoms with Gasteiger partial charge in [-0.15, -0.1) is 0 Å².